The van der Waals surface area contributed by atoms with Gasteiger partial charge in [0.25, 0.3) is 0 Å². The lowest BCUT2D eigenvalue weighted by Crippen LogP contribution is -2.48. The number of hydrogen-bond acceptors (Lipinski definition) is 3. The Hall–Kier alpha value is -1.06. The van der Waals surface area contributed by atoms with Crippen molar-refractivity contribution in [1.82, 2.24) is 5.32 Å². The molecule has 0 fully saturated rings. The number of likely N-dealkylation sites (N-methyl/N-ethyl adjacent to an activating group) is 1. The summed E-state index contributed by atoms with van der Waals surface area (Å²) in [6.07, 6.45) is 0. The van der Waals surface area contributed by atoms with Crippen LogP contribution in [0.15, 0.2) is 24.3 Å². The summed E-state index contributed by atoms with van der Waals surface area (Å²) in [7, 11) is 1.83. The third kappa shape index (κ3) is 3.72. The van der Waals surface area contributed by atoms with Crippen LogP contribution in [0, 0.1) is 0 Å². The van der Waals surface area contributed by atoms with E-state index in [-0.39, 0.29) is 12.0 Å². The molecule has 18 heavy (non-hydrogen) atoms. The van der Waals surface area contributed by atoms with E-state index in [1.165, 1.54) is 5.56 Å². The second-order valence-electron chi connectivity index (χ2n) is 6.00. The van der Waals surface area contributed by atoms with Gasteiger partial charge in [0.1, 0.15) is 12.4 Å². The molecule has 0 spiro atoms. The third-order valence-electron chi connectivity index (χ3n) is 3.19. The summed E-state index contributed by atoms with van der Waals surface area (Å²) in [6, 6.07) is 8.07. The van der Waals surface area contributed by atoms with Crippen LogP contribution in [0.4, 0.5) is 0 Å². The molecule has 0 amide bonds. The van der Waals surface area contributed by atoms with Crippen LogP contribution >= 0.6 is 0 Å². The van der Waals surface area contributed by atoms with E-state index in [0.29, 0.717) is 6.61 Å². The fraction of sp³-hybridized carbons (Fsp3) is 0.600. The zero-order valence-corrected chi connectivity index (χ0v) is 12.1. The van der Waals surface area contributed by atoms with E-state index in [1.807, 2.05) is 32.2 Å². The molecule has 0 aromatic heterocycles. The summed E-state index contributed by atoms with van der Waals surface area (Å²) in [5.41, 5.74) is 0.818. The largest absolute Gasteiger partial charge is 0.491 e. The summed E-state index contributed by atoms with van der Waals surface area (Å²) in [5.74, 6) is 0.889. The van der Waals surface area contributed by atoms with Gasteiger partial charge in [-0.25, -0.2) is 0 Å². The van der Waals surface area contributed by atoms with E-state index in [0.717, 1.165) is 5.75 Å². The highest BCUT2D eigenvalue weighted by molar-refractivity contribution is 5.38. The molecule has 0 radical (unpaired) electrons. The van der Waals surface area contributed by atoms with Crippen LogP contribution in [0.3, 0.4) is 0 Å². The van der Waals surface area contributed by atoms with Gasteiger partial charge >= 0.3 is 0 Å². The molecule has 3 heteroatoms. The summed E-state index contributed by atoms with van der Waals surface area (Å²) < 4.78 is 5.89. The highest BCUT2D eigenvalue weighted by Crippen LogP contribution is 2.31. The number of nitrogens with one attached hydrogen (secondary N) is 1. The molecule has 0 bridgehead atoms. The first kappa shape index (κ1) is 15.0. The molecule has 0 aliphatic rings. The molecule has 1 atom stereocenters. The number of ether oxygens (including phenoxy) is 1. The van der Waals surface area contributed by atoms with E-state index in [1.54, 1.807) is 0 Å². The van der Waals surface area contributed by atoms with E-state index in [4.69, 9.17) is 4.74 Å². The molecule has 3 nitrogen and oxygen atoms in total. The lowest BCUT2D eigenvalue weighted by atomic mass is 9.86. The van der Waals surface area contributed by atoms with Crippen LogP contribution in [0.25, 0.3) is 0 Å². The van der Waals surface area contributed by atoms with Gasteiger partial charge in [0.2, 0.25) is 0 Å². The molecule has 0 heterocycles. The molecule has 1 aromatic carbocycles. The van der Waals surface area contributed by atoms with Crippen molar-refractivity contribution in [1.29, 1.82) is 0 Å². The van der Waals surface area contributed by atoms with Crippen molar-refractivity contribution in [3.05, 3.63) is 29.8 Å². The minimum Gasteiger partial charge on any atom is -0.491 e. The number of aliphatic hydroxyl groups excluding tert-OH is 1. The zero-order valence-electron chi connectivity index (χ0n) is 12.1. The van der Waals surface area contributed by atoms with Crippen molar-refractivity contribution in [3.8, 4) is 5.75 Å². The number of aliphatic hydroxyl groups is 1. The van der Waals surface area contributed by atoms with E-state index in [9.17, 15) is 5.11 Å². The minimum absolute atomic E-state index is 0.0428. The quantitative estimate of drug-likeness (QED) is 0.844. The maximum atomic E-state index is 9.35. The maximum Gasteiger partial charge on any atom is 0.123 e. The monoisotopic (exact) mass is 251 g/mol. The summed E-state index contributed by atoms with van der Waals surface area (Å²) in [5, 5.41) is 12.4. The molecule has 102 valence electrons. The molecule has 1 unspecified atom stereocenters. The number of rotatable bonds is 5. The van der Waals surface area contributed by atoms with Crippen molar-refractivity contribution in [2.75, 3.05) is 20.3 Å². The number of para-hydroxylation sites is 1. The highest BCUT2D eigenvalue weighted by atomic mass is 16.5. The summed E-state index contributed by atoms with van der Waals surface area (Å²) in [6.45, 7) is 8.91. The maximum absolute atomic E-state index is 9.35. The smallest absolute Gasteiger partial charge is 0.123 e. The SMILES string of the molecule is CNC(C)(CO)COc1ccccc1C(C)(C)C. The summed E-state index contributed by atoms with van der Waals surface area (Å²) in [4.78, 5) is 0. The Kier molecular flexibility index (Phi) is 4.77. The predicted molar refractivity (Wildman–Crippen MR) is 75.2 cm³/mol. The van der Waals surface area contributed by atoms with Crippen LogP contribution in [-0.2, 0) is 5.41 Å². The molecule has 2 N–H and O–H groups in total. The Balaban J connectivity index is 2.86. The van der Waals surface area contributed by atoms with E-state index in [2.05, 4.69) is 32.2 Å². The van der Waals surface area contributed by atoms with Crippen LogP contribution < -0.4 is 10.1 Å². The molecule has 0 saturated carbocycles. The molecule has 0 aliphatic carbocycles. The molecule has 0 saturated heterocycles. The Bertz CT molecular complexity index is 378. The van der Waals surface area contributed by atoms with E-state index >= 15 is 0 Å². The fourth-order valence-electron chi connectivity index (χ4n) is 1.65. The minimum atomic E-state index is -0.412. The molecule has 0 aliphatic heterocycles. The van der Waals surface area contributed by atoms with Gasteiger partial charge in [-0.05, 0) is 31.0 Å². The average molecular weight is 251 g/mol. The first-order valence-electron chi connectivity index (χ1n) is 6.34. The Morgan fingerprint density at radius 1 is 1.17 bits per heavy atom. The van der Waals surface area contributed by atoms with Crippen molar-refractivity contribution in [2.45, 2.75) is 38.6 Å². The van der Waals surface area contributed by atoms with E-state index < -0.39 is 5.54 Å². The van der Waals surface area contributed by atoms with Crippen molar-refractivity contribution >= 4 is 0 Å². The molecular weight excluding hydrogens is 226 g/mol. The average Bonchev–Trinajstić information content (AvgIpc) is 2.35. The van der Waals surface area contributed by atoms with Gasteiger partial charge in [0.05, 0.1) is 12.1 Å². The lowest BCUT2D eigenvalue weighted by Gasteiger charge is -2.29. The van der Waals surface area contributed by atoms with Crippen molar-refractivity contribution < 1.29 is 9.84 Å². The van der Waals surface area contributed by atoms with Gasteiger partial charge in [-0.2, -0.15) is 0 Å². The van der Waals surface area contributed by atoms with Gasteiger partial charge in [-0.3, -0.25) is 0 Å². The number of benzene rings is 1. The Morgan fingerprint density at radius 2 is 1.78 bits per heavy atom. The molecule has 1 rings (SSSR count). The van der Waals surface area contributed by atoms with Gasteiger partial charge in [-0.1, -0.05) is 39.0 Å². The normalized spacial score (nSPS) is 15.2. The molecular formula is C15H25NO2. The topological polar surface area (TPSA) is 41.5 Å². The zero-order chi connectivity index (χ0) is 13.8. The number of hydrogen-bond donors (Lipinski definition) is 2. The van der Waals surface area contributed by atoms with Gasteiger partial charge < -0.3 is 15.2 Å². The second kappa shape index (κ2) is 5.72. The third-order valence-corrected chi connectivity index (χ3v) is 3.19. The van der Waals surface area contributed by atoms with Crippen LogP contribution in [-0.4, -0.2) is 30.9 Å². The van der Waals surface area contributed by atoms with Crippen LogP contribution in [0.2, 0.25) is 0 Å². The van der Waals surface area contributed by atoms with Crippen molar-refractivity contribution in [2.24, 2.45) is 0 Å². The Morgan fingerprint density at radius 3 is 2.28 bits per heavy atom. The van der Waals surface area contributed by atoms with Gasteiger partial charge in [0.15, 0.2) is 0 Å². The van der Waals surface area contributed by atoms with Crippen LogP contribution in [0.5, 0.6) is 5.75 Å². The van der Waals surface area contributed by atoms with Gasteiger partial charge in [0, 0.05) is 0 Å². The standard InChI is InChI=1S/C15H25NO2/c1-14(2,3)12-8-6-7-9-13(12)18-11-15(4,10-17)16-5/h6-9,16-17H,10-11H2,1-5H3. The van der Waals surface area contributed by atoms with Gasteiger partial charge in [-0.15, -0.1) is 0 Å². The highest BCUT2D eigenvalue weighted by Gasteiger charge is 2.24. The predicted octanol–water partition coefficient (Wildman–Crippen LogP) is 2.33. The fourth-order valence-corrected chi connectivity index (χ4v) is 1.65. The first-order valence-corrected chi connectivity index (χ1v) is 6.34. The second-order valence-corrected chi connectivity index (χ2v) is 6.00. The first-order chi connectivity index (χ1) is 8.32. The van der Waals surface area contributed by atoms with Crippen LogP contribution in [0.1, 0.15) is 33.3 Å². The summed E-state index contributed by atoms with van der Waals surface area (Å²) >= 11 is 0. The lowest BCUT2D eigenvalue weighted by molar-refractivity contribution is 0.121. The molecule has 1 aromatic rings. The Labute approximate surface area is 110 Å². The van der Waals surface area contributed by atoms with Crippen molar-refractivity contribution in [3.63, 3.8) is 0 Å².